The van der Waals surface area contributed by atoms with Crippen LogP contribution in [0.4, 0.5) is 0 Å². The highest BCUT2D eigenvalue weighted by Crippen LogP contribution is 2.47. The van der Waals surface area contributed by atoms with Crippen LogP contribution in [0.15, 0.2) is 103 Å². The van der Waals surface area contributed by atoms with Gasteiger partial charge in [-0.2, -0.15) is 0 Å². The van der Waals surface area contributed by atoms with E-state index in [9.17, 15) is 0 Å². The summed E-state index contributed by atoms with van der Waals surface area (Å²) in [7, 11) is 0. The number of benzene rings is 5. The molecule has 1 N–H and O–H groups in total. The number of aromatic nitrogens is 2. The Hall–Kier alpha value is -4.30. The SMILES string of the molecule is CCCC1c2ccccc2-n2c3ccccc3c3cc(-c4ccc5[nH]c6ccccc6c5c4)cc1c32. The van der Waals surface area contributed by atoms with Crippen LogP contribution >= 0.6 is 0 Å². The third-order valence-corrected chi connectivity index (χ3v) is 8.14. The normalized spacial score (nSPS) is 14.8. The summed E-state index contributed by atoms with van der Waals surface area (Å²) in [6.07, 6.45) is 2.31. The number of hydrogen-bond acceptors (Lipinski definition) is 0. The molecule has 5 aromatic carbocycles. The van der Waals surface area contributed by atoms with E-state index in [0.717, 1.165) is 12.8 Å². The highest BCUT2D eigenvalue weighted by atomic mass is 15.0. The first-order valence-corrected chi connectivity index (χ1v) is 13.0. The first-order valence-electron chi connectivity index (χ1n) is 13.0. The Morgan fingerprint density at radius 3 is 2.31 bits per heavy atom. The standard InChI is InChI=1S/C34H26N2/c1-2-9-23-25-11-4-7-14-32(25)36-33-15-8-5-12-26(33)29-20-22(19-28(23)34(29)36)21-16-17-31-27(18-21)24-10-3-6-13-30(24)35-31/h3-8,10-20,23,35H,2,9H2,1H3. The second kappa shape index (κ2) is 7.35. The molecule has 172 valence electrons. The largest absolute Gasteiger partial charge is 0.355 e. The molecule has 1 unspecified atom stereocenters. The van der Waals surface area contributed by atoms with Crippen LogP contribution in [0.2, 0.25) is 0 Å². The number of fused-ring (bicyclic) bond motifs is 8. The molecular formula is C34H26N2. The van der Waals surface area contributed by atoms with Crippen molar-refractivity contribution in [2.45, 2.75) is 25.7 Å². The molecule has 7 aromatic rings. The molecule has 0 aliphatic carbocycles. The van der Waals surface area contributed by atoms with Crippen LogP contribution in [0, 0.1) is 0 Å². The van der Waals surface area contributed by atoms with Crippen molar-refractivity contribution in [1.29, 1.82) is 0 Å². The molecule has 8 rings (SSSR count). The van der Waals surface area contributed by atoms with E-state index < -0.39 is 0 Å². The van der Waals surface area contributed by atoms with Gasteiger partial charge >= 0.3 is 0 Å². The van der Waals surface area contributed by atoms with Crippen molar-refractivity contribution in [3.63, 3.8) is 0 Å². The highest BCUT2D eigenvalue weighted by molar-refractivity contribution is 6.13. The van der Waals surface area contributed by atoms with E-state index in [4.69, 9.17) is 0 Å². The quantitative estimate of drug-likeness (QED) is 0.270. The maximum atomic E-state index is 3.58. The van der Waals surface area contributed by atoms with Gasteiger partial charge in [0.05, 0.1) is 11.0 Å². The Kier molecular flexibility index (Phi) is 4.07. The molecule has 0 amide bonds. The van der Waals surface area contributed by atoms with Gasteiger partial charge in [-0.15, -0.1) is 0 Å². The first kappa shape index (κ1) is 19.9. The molecule has 3 heterocycles. The molecule has 0 spiro atoms. The molecule has 2 nitrogen and oxygen atoms in total. The smallest absolute Gasteiger partial charge is 0.0579 e. The fraction of sp³-hybridized carbons (Fsp3) is 0.118. The maximum Gasteiger partial charge on any atom is 0.0579 e. The van der Waals surface area contributed by atoms with Gasteiger partial charge in [0.2, 0.25) is 0 Å². The number of rotatable bonds is 3. The van der Waals surface area contributed by atoms with Crippen LogP contribution in [0.3, 0.4) is 0 Å². The van der Waals surface area contributed by atoms with Gasteiger partial charge in [0.1, 0.15) is 0 Å². The van der Waals surface area contributed by atoms with Gasteiger partial charge < -0.3 is 9.55 Å². The lowest BCUT2D eigenvalue weighted by Crippen LogP contribution is -2.13. The van der Waals surface area contributed by atoms with Gasteiger partial charge in [0.15, 0.2) is 0 Å². The predicted octanol–water partition coefficient (Wildman–Crippen LogP) is 9.33. The zero-order chi connectivity index (χ0) is 23.8. The van der Waals surface area contributed by atoms with Crippen molar-refractivity contribution in [2.75, 3.05) is 0 Å². The van der Waals surface area contributed by atoms with Crippen LogP contribution in [0.1, 0.15) is 36.8 Å². The summed E-state index contributed by atoms with van der Waals surface area (Å²) in [4.78, 5) is 3.58. The molecule has 2 heteroatoms. The van der Waals surface area contributed by atoms with E-state index in [0.29, 0.717) is 5.92 Å². The van der Waals surface area contributed by atoms with Crippen LogP contribution in [-0.2, 0) is 0 Å². The molecule has 1 aliphatic heterocycles. The average molecular weight is 463 g/mol. The van der Waals surface area contributed by atoms with Gasteiger partial charge in [-0.25, -0.2) is 0 Å². The third kappa shape index (κ3) is 2.62. The van der Waals surface area contributed by atoms with E-state index in [1.807, 2.05) is 0 Å². The Balaban J connectivity index is 1.47. The van der Waals surface area contributed by atoms with E-state index >= 15 is 0 Å². The fourth-order valence-corrected chi connectivity index (χ4v) is 6.59. The Morgan fingerprint density at radius 1 is 0.639 bits per heavy atom. The first-order chi connectivity index (χ1) is 17.8. The summed E-state index contributed by atoms with van der Waals surface area (Å²) in [6.45, 7) is 2.30. The van der Waals surface area contributed by atoms with Crippen LogP contribution in [-0.4, -0.2) is 9.55 Å². The molecule has 0 radical (unpaired) electrons. The molecule has 36 heavy (non-hydrogen) atoms. The molecule has 2 aromatic heterocycles. The Bertz CT molecular complexity index is 1970. The molecule has 0 saturated heterocycles. The van der Waals surface area contributed by atoms with E-state index in [2.05, 4.69) is 120 Å². The highest BCUT2D eigenvalue weighted by Gasteiger charge is 2.29. The van der Waals surface area contributed by atoms with Crippen molar-refractivity contribution >= 4 is 43.6 Å². The molecule has 0 saturated carbocycles. The maximum absolute atomic E-state index is 3.58. The van der Waals surface area contributed by atoms with E-state index in [-0.39, 0.29) is 0 Å². The minimum absolute atomic E-state index is 0.405. The summed E-state index contributed by atoms with van der Waals surface area (Å²) < 4.78 is 2.51. The Morgan fingerprint density at radius 2 is 1.39 bits per heavy atom. The third-order valence-electron chi connectivity index (χ3n) is 8.14. The molecule has 0 fully saturated rings. The van der Waals surface area contributed by atoms with E-state index in [1.54, 1.807) is 0 Å². The van der Waals surface area contributed by atoms with Crippen molar-refractivity contribution in [2.24, 2.45) is 0 Å². The number of nitrogens with one attached hydrogen (secondary N) is 1. The summed E-state index contributed by atoms with van der Waals surface area (Å²) in [5.41, 5.74) is 11.9. The number of nitrogens with zero attached hydrogens (tertiary/aromatic N) is 1. The van der Waals surface area contributed by atoms with Crippen molar-refractivity contribution in [3.05, 3.63) is 114 Å². The van der Waals surface area contributed by atoms with Crippen molar-refractivity contribution in [3.8, 4) is 16.8 Å². The van der Waals surface area contributed by atoms with Gasteiger partial charge in [0.25, 0.3) is 0 Å². The average Bonchev–Trinajstić information content (AvgIpc) is 3.47. The monoisotopic (exact) mass is 462 g/mol. The lowest BCUT2D eigenvalue weighted by molar-refractivity contribution is 0.689. The van der Waals surface area contributed by atoms with Gasteiger partial charge in [-0.1, -0.05) is 74.0 Å². The second-order valence-corrected chi connectivity index (χ2v) is 10.1. The number of para-hydroxylation sites is 3. The fourth-order valence-electron chi connectivity index (χ4n) is 6.59. The summed E-state index contributed by atoms with van der Waals surface area (Å²) in [5.74, 6) is 0.405. The minimum Gasteiger partial charge on any atom is -0.355 e. The van der Waals surface area contributed by atoms with Gasteiger partial charge in [0, 0.05) is 44.2 Å². The zero-order valence-electron chi connectivity index (χ0n) is 20.3. The summed E-state index contributed by atoms with van der Waals surface area (Å²) >= 11 is 0. The van der Waals surface area contributed by atoms with Crippen molar-refractivity contribution < 1.29 is 0 Å². The van der Waals surface area contributed by atoms with E-state index in [1.165, 1.54) is 71.6 Å². The molecule has 1 aliphatic rings. The lowest BCUT2D eigenvalue weighted by Gasteiger charge is -2.29. The van der Waals surface area contributed by atoms with Crippen molar-refractivity contribution in [1.82, 2.24) is 9.55 Å². The number of aromatic amines is 1. The molecule has 1 atom stereocenters. The molecule has 0 bridgehead atoms. The van der Waals surface area contributed by atoms with Crippen LogP contribution in [0.25, 0.3) is 60.4 Å². The molecular weight excluding hydrogens is 436 g/mol. The number of hydrogen-bond donors (Lipinski definition) is 1. The van der Waals surface area contributed by atoms with Gasteiger partial charge in [-0.3, -0.25) is 0 Å². The lowest BCUT2D eigenvalue weighted by atomic mass is 9.82. The summed E-state index contributed by atoms with van der Waals surface area (Å²) in [6, 6.07) is 38.3. The topological polar surface area (TPSA) is 20.7 Å². The second-order valence-electron chi connectivity index (χ2n) is 10.1. The summed E-state index contributed by atoms with van der Waals surface area (Å²) in [5, 5.41) is 5.25. The predicted molar refractivity (Wildman–Crippen MR) is 152 cm³/mol. The minimum atomic E-state index is 0.405. The van der Waals surface area contributed by atoms with Crippen LogP contribution in [0.5, 0.6) is 0 Å². The number of H-pyrrole nitrogens is 1. The Labute approximate surface area is 209 Å². The van der Waals surface area contributed by atoms with Gasteiger partial charge in [-0.05, 0) is 71.1 Å². The van der Waals surface area contributed by atoms with Crippen LogP contribution < -0.4 is 0 Å². The zero-order valence-corrected chi connectivity index (χ0v) is 20.3.